The van der Waals surface area contributed by atoms with Crippen LogP contribution in [0.2, 0.25) is 0 Å². The third-order valence-corrected chi connectivity index (χ3v) is 7.52. The molecule has 2 fully saturated rings. The van der Waals surface area contributed by atoms with Crippen LogP contribution in [0.4, 0.5) is 0 Å². The molecule has 5 rings (SSSR count). The van der Waals surface area contributed by atoms with Gasteiger partial charge in [0.15, 0.2) is 0 Å². The Balaban J connectivity index is 1.41. The molecular formula is C26H29NO2. The number of rotatable bonds is 3. The van der Waals surface area contributed by atoms with E-state index in [0.717, 1.165) is 17.9 Å². The van der Waals surface area contributed by atoms with Crippen molar-refractivity contribution in [2.45, 2.75) is 50.0 Å². The SMILES string of the molecule is CN1CCC23CCCCC2C1Cc1ccc(OC(=O)/C=C/c2ccccc2)cc13. The Bertz CT molecular complexity index is 935. The van der Waals surface area contributed by atoms with Crippen LogP contribution in [0.25, 0.3) is 6.08 Å². The first-order valence-corrected chi connectivity index (χ1v) is 10.9. The van der Waals surface area contributed by atoms with Gasteiger partial charge in [-0.15, -0.1) is 0 Å². The summed E-state index contributed by atoms with van der Waals surface area (Å²) in [4.78, 5) is 15.0. The fourth-order valence-corrected chi connectivity index (χ4v) is 6.12. The summed E-state index contributed by atoms with van der Waals surface area (Å²) in [5, 5.41) is 0. The van der Waals surface area contributed by atoms with Crippen molar-refractivity contribution in [2.75, 3.05) is 13.6 Å². The molecule has 1 saturated carbocycles. The lowest BCUT2D eigenvalue weighted by molar-refractivity contribution is -0.128. The molecule has 2 aromatic rings. The standard InChI is InChI=1S/C26H29NO2/c1-27-16-15-26-14-6-5-9-22(26)24(27)17-20-11-12-21(18-23(20)26)29-25(28)13-10-19-7-3-2-4-8-19/h2-4,7-8,10-13,18,22,24H,5-6,9,14-17H2,1H3/b13-10+. The van der Waals surface area contributed by atoms with E-state index in [0.29, 0.717) is 11.8 Å². The van der Waals surface area contributed by atoms with Gasteiger partial charge in [-0.3, -0.25) is 0 Å². The van der Waals surface area contributed by atoms with E-state index in [4.69, 9.17) is 4.74 Å². The lowest BCUT2D eigenvalue weighted by Gasteiger charge is -2.58. The quantitative estimate of drug-likeness (QED) is 0.422. The van der Waals surface area contributed by atoms with E-state index in [-0.39, 0.29) is 11.4 Å². The first kappa shape index (κ1) is 18.6. The Kier molecular flexibility index (Phi) is 4.79. The molecule has 0 spiro atoms. The maximum atomic E-state index is 12.4. The monoisotopic (exact) mass is 387 g/mol. The Labute approximate surface area is 173 Å². The molecule has 1 aliphatic heterocycles. The number of ether oxygens (including phenoxy) is 1. The second kappa shape index (κ2) is 7.46. The van der Waals surface area contributed by atoms with Crippen molar-refractivity contribution < 1.29 is 9.53 Å². The molecule has 1 saturated heterocycles. The minimum atomic E-state index is -0.316. The Morgan fingerprint density at radius 3 is 2.86 bits per heavy atom. The molecule has 0 N–H and O–H groups in total. The van der Waals surface area contributed by atoms with Crippen molar-refractivity contribution in [3.05, 3.63) is 71.3 Å². The van der Waals surface area contributed by atoms with E-state index in [1.54, 1.807) is 6.08 Å². The van der Waals surface area contributed by atoms with Crippen LogP contribution in [-0.2, 0) is 16.6 Å². The number of likely N-dealkylation sites (tertiary alicyclic amines) is 1. The number of carbonyl (C=O) groups excluding carboxylic acids is 1. The van der Waals surface area contributed by atoms with Crippen molar-refractivity contribution in [3.63, 3.8) is 0 Å². The van der Waals surface area contributed by atoms with Crippen molar-refractivity contribution >= 4 is 12.0 Å². The third-order valence-electron chi connectivity index (χ3n) is 7.52. The smallest absolute Gasteiger partial charge is 0.336 e. The molecule has 29 heavy (non-hydrogen) atoms. The first-order chi connectivity index (χ1) is 14.2. The molecule has 2 aliphatic carbocycles. The summed E-state index contributed by atoms with van der Waals surface area (Å²) in [6.07, 6.45) is 10.9. The second-order valence-corrected chi connectivity index (χ2v) is 8.99. The van der Waals surface area contributed by atoms with Crippen molar-refractivity contribution in [2.24, 2.45) is 5.92 Å². The lowest BCUT2D eigenvalue weighted by atomic mass is 9.52. The number of benzene rings is 2. The van der Waals surface area contributed by atoms with E-state index in [1.165, 1.54) is 55.9 Å². The predicted molar refractivity (Wildman–Crippen MR) is 116 cm³/mol. The predicted octanol–water partition coefficient (Wildman–Crippen LogP) is 4.99. The van der Waals surface area contributed by atoms with Gasteiger partial charge in [0.25, 0.3) is 0 Å². The van der Waals surface area contributed by atoms with Crippen molar-refractivity contribution in [1.29, 1.82) is 0 Å². The molecule has 0 amide bonds. The van der Waals surface area contributed by atoms with E-state index in [1.807, 2.05) is 36.4 Å². The molecule has 3 atom stereocenters. The number of fused-ring (bicyclic) bond motifs is 1. The molecule has 3 aliphatic rings. The highest BCUT2D eigenvalue weighted by Crippen LogP contribution is 2.55. The summed E-state index contributed by atoms with van der Waals surface area (Å²) in [5.74, 6) is 1.11. The topological polar surface area (TPSA) is 29.5 Å². The van der Waals surface area contributed by atoms with Crippen LogP contribution in [0.5, 0.6) is 5.75 Å². The molecule has 3 nitrogen and oxygen atoms in total. The van der Waals surface area contributed by atoms with Crippen molar-refractivity contribution in [3.8, 4) is 5.75 Å². The van der Waals surface area contributed by atoms with Crippen LogP contribution in [-0.4, -0.2) is 30.5 Å². The highest BCUT2D eigenvalue weighted by molar-refractivity contribution is 5.88. The van der Waals surface area contributed by atoms with Gasteiger partial charge in [0.1, 0.15) is 5.75 Å². The highest BCUT2D eigenvalue weighted by Gasteiger charge is 2.53. The van der Waals surface area contributed by atoms with Crippen LogP contribution in [0.1, 0.15) is 48.8 Å². The second-order valence-electron chi connectivity index (χ2n) is 8.99. The summed E-state index contributed by atoms with van der Waals surface area (Å²) in [7, 11) is 2.30. The van der Waals surface area contributed by atoms with Crippen LogP contribution >= 0.6 is 0 Å². The van der Waals surface area contributed by atoms with E-state index >= 15 is 0 Å². The molecular weight excluding hydrogens is 358 g/mol. The van der Waals surface area contributed by atoms with Gasteiger partial charge < -0.3 is 9.64 Å². The zero-order chi connectivity index (χ0) is 19.8. The Morgan fingerprint density at radius 1 is 1.14 bits per heavy atom. The average molecular weight is 388 g/mol. The number of piperidine rings is 1. The lowest BCUT2D eigenvalue weighted by Crippen LogP contribution is -2.59. The summed E-state index contributed by atoms with van der Waals surface area (Å²) in [6.45, 7) is 1.17. The van der Waals surface area contributed by atoms with E-state index in [9.17, 15) is 4.79 Å². The maximum absolute atomic E-state index is 12.4. The number of likely N-dealkylation sites (N-methyl/N-ethyl adjacent to an activating group) is 1. The first-order valence-electron chi connectivity index (χ1n) is 10.9. The van der Waals surface area contributed by atoms with Crippen LogP contribution in [0, 0.1) is 5.92 Å². The molecule has 2 bridgehead atoms. The zero-order valence-electron chi connectivity index (χ0n) is 17.1. The molecule has 150 valence electrons. The maximum Gasteiger partial charge on any atom is 0.336 e. The highest BCUT2D eigenvalue weighted by atomic mass is 16.5. The third kappa shape index (κ3) is 3.32. The molecule has 1 heterocycles. The minimum Gasteiger partial charge on any atom is -0.423 e. The molecule has 0 aromatic heterocycles. The Hall–Kier alpha value is -2.39. The number of carbonyl (C=O) groups is 1. The number of esters is 1. The normalized spacial score (nSPS) is 28.6. The van der Waals surface area contributed by atoms with Gasteiger partial charge in [0.2, 0.25) is 0 Å². The van der Waals surface area contributed by atoms with Gasteiger partial charge >= 0.3 is 5.97 Å². The van der Waals surface area contributed by atoms with E-state index in [2.05, 4.69) is 24.1 Å². The summed E-state index contributed by atoms with van der Waals surface area (Å²) in [5.41, 5.74) is 4.20. The van der Waals surface area contributed by atoms with E-state index < -0.39 is 0 Å². The molecule has 0 radical (unpaired) electrons. The van der Waals surface area contributed by atoms with Gasteiger partial charge in [0, 0.05) is 17.5 Å². The summed E-state index contributed by atoms with van der Waals surface area (Å²) >= 11 is 0. The van der Waals surface area contributed by atoms with Gasteiger partial charge in [-0.05, 0) is 80.1 Å². The molecule has 3 unspecified atom stereocenters. The molecule has 3 heteroatoms. The average Bonchev–Trinajstić information content (AvgIpc) is 2.76. The fraction of sp³-hybridized carbons (Fsp3) is 0.423. The van der Waals surface area contributed by atoms with Gasteiger partial charge in [0.05, 0.1) is 0 Å². The zero-order valence-corrected chi connectivity index (χ0v) is 17.1. The largest absolute Gasteiger partial charge is 0.423 e. The molecule has 2 aromatic carbocycles. The van der Waals surface area contributed by atoms with Crippen LogP contribution in [0.15, 0.2) is 54.6 Å². The van der Waals surface area contributed by atoms with Gasteiger partial charge in [-0.25, -0.2) is 4.79 Å². The number of hydrogen-bond acceptors (Lipinski definition) is 3. The van der Waals surface area contributed by atoms with Crippen molar-refractivity contribution in [1.82, 2.24) is 4.90 Å². The number of hydrogen-bond donors (Lipinski definition) is 0. The Morgan fingerprint density at radius 2 is 2.00 bits per heavy atom. The minimum absolute atomic E-state index is 0.283. The van der Waals surface area contributed by atoms with Gasteiger partial charge in [-0.1, -0.05) is 49.2 Å². The summed E-state index contributed by atoms with van der Waals surface area (Å²) in [6, 6.07) is 16.9. The van der Waals surface area contributed by atoms with Crippen LogP contribution < -0.4 is 4.74 Å². The summed E-state index contributed by atoms with van der Waals surface area (Å²) < 4.78 is 5.70. The number of nitrogens with zero attached hydrogens (tertiary/aromatic N) is 1. The van der Waals surface area contributed by atoms with Gasteiger partial charge in [-0.2, -0.15) is 0 Å². The van der Waals surface area contributed by atoms with Crippen LogP contribution in [0.3, 0.4) is 0 Å². The fourth-order valence-electron chi connectivity index (χ4n) is 6.12.